The van der Waals surface area contributed by atoms with E-state index in [2.05, 4.69) is 22.2 Å². The smallest absolute Gasteiger partial charge is 0.321 e. The van der Waals surface area contributed by atoms with Gasteiger partial charge in [0.1, 0.15) is 10.7 Å². The van der Waals surface area contributed by atoms with Gasteiger partial charge in [0.25, 0.3) is 0 Å². The van der Waals surface area contributed by atoms with Crippen LogP contribution in [-0.4, -0.2) is 39.5 Å². The number of sulfonamides is 1. The van der Waals surface area contributed by atoms with Gasteiger partial charge in [0, 0.05) is 24.7 Å². The number of rotatable bonds is 4. The largest absolute Gasteiger partial charge is 0.324 e. The first-order valence-corrected chi connectivity index (χ1v) is 10.2. The van der Waals surface area contributed by atoms with E-state index in [0.29, 0.717) is 13.1 Å². The quantitative estimate of drug-likeness (QED) is 0.840. The third kappa shape index (κ3) is 4.45. The Morgan fingerprint density at radius 3 is 2.63 bits per heavy atom. The van der Waals surface area contributed by atoms with Gasteiger partial charge in [0.05, 0.1) is 0 Å². The number of carbonyl (C=O) groups is 1. The van der Waals surface area contributed by atoms with Gasteiger partial charge >= 0.3 is 6.03 Å². The number of halogens is 1. The van der Waals surface area contributed by atoms with Crippen LogP contribution in [0.1, 0.15) is 24.3 Å². The lowest BCUT2D eigenvalue weighted by atomic mass is 9.91. The highest BCUT2D eigenvalue weighted by molar-refractivity contribution is 7.89. The molecule has 6 nitrogen and oxygen atoms in total. The molecule has 1 saturated heterocycles. The SMILES string of the molecule is CNS(=O)(=O)c1cc(NC(=O)N2CCCC(c3ccccc3)C2)ccc1F. The number of nitrogens with one attached hydrogen (secondary N) is 2. The summed E-state index contributed by atoms with van der Waals surface area (Å²) in [5, 5.41) is 2.68. The topological polar surface area (TPSA) is 78.5 Å². The average Bonchev–Trinajstić information content (AvgIpc) is 2.70. The number of nitrogens with zero attached hydrogens (tertiary/aromatic N) is 1. The van der Waals surface area contributed by atoms with Crippen LogP contribution in [0.5, 0.6) is 0 Å². The van der Waals surface area contributed by atoms with Crippen molar-refractivity contribution in [3.8, 4) is 0 Å². The van der Waals surface area contributed by atoms with E-state index in [-0.39, 0.29) is 17.6 Å². The van der Waals surface area contributed by atoms with Crippen LogP contribution in [0.2, 0.25) is 0 Å². The van der Waals surface area contributed by atoms with Crippen LogP contribution in [-0.2, 0) is 10.0 Å². The first kappa shape index (κ1) is 19.3. The van der Waals surface area contributed by atoms with Gasteiger partial charge in [-0.2, -0.15) is 0 Å². The van der Waals surface area contributed by atoms with E-state index in [0.717, 1.165) is 25.0 Å². The van der Waals surface area contributed by atoms with E-state index in [1.54, 1.807) is 4.90 Å². The van der Waals surface area contributed by atoms with E-state index in [9.17, 15) is 17.6 Å². The number of benzene rings is 2. The van der Waals surface area contributed by atoms with E-state index < -0.39 is 20.7 Å². The van der Waals surface area contributed by atoms with Crippen molar-refractivity contribution in [1.29, 1.82) is 0 Å². The second kappa shape index (κ2) is 8.06. The third-order valence-corrected chi connectivity index (χ3v) is 6.15. The van der Waals surface area contributed by atoms with Gasteiger partial charge in [0.2, 0.25) is 10.0 Å². The normalized spacial score (nSPS) is 17.6. The Balaban J connectivity index is 1.73. The van der Waals surface area contributed by atoms with Crippen molar-refractivity contribution in [1.82, 2.24) is 9.62 Å². The lowest BCUT2D eigenvalue weighted by Crippen LogP contribution is -2.41. The minimum absolute atomic E-state index is 0.233. The minimum atomic E-state index is -3.95. The van der Waals surface area contributed by atoms with Gasteiger partial charge in [0.15, 0.2) is 0 Å². The molecule has 3 rings (SSSR count). The Labute approximate surface area is 158 Å². The molecule has 1 atom stereocenters. The lowest BCUT2D eigenvalue weighted by molar-refractivity contribution is 0.193. The molecule has 0 bridgehead atoms. The standard InChI is InChI=1S/C19H22FN3O3S/c1-21-27(25,26)18-12-16(9-10-17(18)20)22-19(24)23-11-5-8-15(13-23)14-6-3-2-4-7-14/h2-4,6-7,9-10,12,15,21H,5,8,11,13H2,1H3,(H,22,24). The molecule has 1 aliphatic rings. The first-order chi connectivity index (χ1) is 12.9. The Morgan fingerprint density at radius 1 is 1.19 bits per heavy atom. The number of anilines is 1. The highest BCUT2D eigenvalue weighted by Gasteiger charge is 2.25. The van der Waals surface area contributed by atoms with Crippen LogP contribution in [0.15, 0.2) is 53.4 Å². The minimum Gasteiger partial charge on any atom is -0.324 e. The molecule has 1 fully saturated rings. The number of amides is 2. The molecule has 1 unspecified atom stereocenters. The van der Waals surface area contributed by atoms with Crippen molar-refractivity contribution in [2.24, 2.45) is 0 Å². The zero-order valence-electron chi connectivity index (χ0n) is 15.0. The monoisotopic (exact) mass is 391 g/mol. The molecule has 1 aliphatic heterocycles. The number of hydrogen-bond acceptors (Lipinski definition) is 3. The first-order valence-electron chi connectivity index (χ1n) is 8.74. The predicted molar refractivity (Wildman–Crippen MR) is 102 cm³/mol. The molecule has 144 valence electrons. The molecule has 2 N–H and O–H groups in total. The second-order valence-corrected chi connectivity index (χ2v) is 8.33. The van der Waals surface area contributed by atoms with Gasteiger partial charge in [-0.15, -0.1) is 0 Å². The summed E-state index contributed by atoms with van der Waals surface area (Å²) in [5.41, 5.74) is 1.43. The zero-order valence-corrected chi connectivity index (χ0v) is 15.8. The number of carbonyl (C=O) groups excluding carboxylic acids is 1. The molecule has 2 aromatic carbocycles. The molecule has 2 aromatic rings. The van der Waals surface area contributed by atoms with Crippen molar-refractivity contribution >= 4 is 21.7 Å². The van der Waals surface area contributed by atoms with Crippen LogP contribution in [0, 0.1) is 5.82 Å². The molecule has 0 aromatic heterocycles. The summed E-state index contributed by atoms with van der Waals surface area (Å²) in [6.07, 6.45) is 1.89. The molecule has 2 amide bonds. The van der Waals surface area contributed by atoms with Crippen LogP contribution in [0.4, 0.5) is 14.9 Å². The van der Waals surface area contributed by atoms with Crippen LogP contribution in [0.25, 0.3) is 0 Å². The molecule has 1 heterocycles. The Morgan fingerprint density at radius 2 is 1.93 bits per heavy atom. The summed E-state index contributed by atoms with van der Waals surface area (Å²) in [6.45, 7) is 1.21. The molecule has 8 heteroatoms. The molecule has 0 radical (unpaired) electrons. The fraction of sp³-hybridized carbons (Fsp3) is 0.316. The lowest BCUT2D eigenvalue weighted by Gasteiger charge is -2.33. The van der Waals surface area contributed by atoms with Crippen molar-refractivity contribution in [2.75, 3.05) is 25.5 Å². The zero-order chi connectivity index (χ0) is 19.4. The fourth-order valence-corrected chi connectivity index (χ4v) is 4.09. The molecule has 27 heavy (non-hydrogen) atoms. The van der Waals surface area contributed by atoms with Gasteiger partial charge in [-0.25, -0.2) is 22.3 Å². The summed E-state index contributed by atoms with van der Waals surface area (Å²) >= 11 is 0. The van der Waals surface area contributed by atoms with E-state index >= 15 is 0 Å². The molecule has 0 saturated carbocycles. The summed E-state index contributed by atoms with van der Waals surface area (Å²) in [4.78, 5) is 13.8. The van der Waals surface area contributed by atoms with Gasteiger partial charge < -0.3 is 10.2 Å². The van der Waals surface area contributed by atoms with Crippen molar-refractivity contribution in [3.05, 3.63) is 59.9 Å². The maximum absolute atomic E-state index is 13.8. The number of urea groups is 1. The molecule has 0 spiro atoms. The molecular weight excluding hydrogens is 369 g/mol. The van der Waals surface area contributed by atoms with E-state index in [4.69, 9.17) is 0 Å². The Kier molecular flexibility index (Phi) is 5.76. The van der Waals surface area contributed by atoms with Crippen LogP contribution in [0.3, 0.4) is 0 Å². The summed E-state index contributed by atoms with van der Waals surface area (Å²) in [7, 11) is -2.74. The third-order valence-electron chi connectivity index (χ3n) is 4.72. The average molecular weight is 391 g/mol. The van der Waals surface area contributed by atoms with E-state index in [1.807, 2.05) is 18.2 Å². The van der Waals surface area contributed by atoms with Gasteiger partial charge in [-0.3, -0.25) is 0 Å². The van der Waals surface area contributed by atoms with E-state index in [1.165, 1.54) is 18.7 Å². The van der Waals surface area contributed by atoms with Gasteiger partial charge in [-0.1, -0.05) is 30.3 Å². The van der Waals surface area contributed by atoms with Crippen LogP contribution >= 0.6 is 0 Å². The number of piperidine rings is 1. The Hall–Kier alpha value is -2.45. The fourth-order valence-electron chi connectivity index (χ4n) is 3.26. The van der Waals surface area contributed by atoms with Crippen LogP contribution < -0.4 is 10.0 Å². The molecular formula is C19H22FN3O3S. The second-order valence-electron chi connectivity index (χ2n) is 6.48. The van der Waals surface area contributed by atoms with Gasteiger partial charge in [-0.05, 0) is 43.7 Å². The number of hydrogen-bond donors (Lipinski definition) is 2. The summed E-state index contributed by atoms with van der Waals surface area (Å²) in [6, 6.07) is 13.2. The Bertz CT molecular complexity index is 919. The van der Waals surface area contributed by atoms with Crippen molar-refractivity contribution < 1.29 is 17.6 Å². The predicted octanol–water partition coefficient (Wildman–Crippen LogP) is 3.15. The molecule has 0 aliphatic carbocycles. The maximum atomic E-state index is 13.8. The summed E-state index contributed by atoms with van der Waals surface area (Å²) in [5.74, 6) is -0.608. The van der Waals surface area contributed by atoms with Crippen molar-refractivity contribution in [2.45, 2.75) is 23.7 Å². The highest BCUT2D eigenvalue weighted by Crippen LogP contribution is 2.27. The maximum Gasteiger partial charge on any atom is 0.321 e. The van der Waals surface area contributed by atoms with Crippen molar-refractivity contribution in [3.63, 3.8) is 0 Å². The number of likely N-dealkylation sites (tertiary alicyclic amines) is 1. The summed E-state index contributed by atoms with van der Waals surface area (Å²) < 4.78 is 39.7. The highest BCUT2D eigenvalue weighted by atomic mass is 32.2.